The van der Waals surface area contributed by atoms with Gasteiger partial charge in [-0.3, -0.25) is 0 Å². The SMILES string of the molecule is Cn1ccnc1C1C[C@H]2CC[C@@H](C1)N2c1nccc(C(=O)O)n1. The van der Waals surface area contributed by atoms with Crippen LogP contribution in [0.15, 0.2) is 24.7 Å². The van der Waals surface area contributed by atoms with Gasteiger partial charge in [0.25, 0.3) is 0 Å². The summed E-state index contributed by atoms with van der Waals surface area (Å²) in [4.78, 5) is 26.4. The van der Waals surface area contributed by atoms with Crippen LogP contribution >= 0.6 is 0 Å². The Kier molecular flexibility index (Phi) is 3.28. The van der Waals surface area contributed by atoms with Crippen LogP contribution in [0.5, 0.6) is 0 Å². The summed E-state index contributed by atoms with van der Waals surface area (Å²) in [7, 11) is 2.04. The van der Waals surface area contributed by atoms with E-state index in [0.717, 1.165) is 31.5 Å². The van der Waals surface area contributed by atoms with E-state index < -0.39 is 5.97 Å². The third-order valence-electron chi connectivity index (χ3n) is 5.05. The van der Waals surface area contributed by atoms with E-state index in [4.69, 9.17) is 5.11 Å². The topological polar surface area (TPSA) is 84.1 Å². The van der Waals surface area contributed by atoms with Crippen LogP contribution in [0.3, 0.4) is 0 Å². The number of rotatable bonds is 3. The van der Waals surface area contributed by atoms with Crippen molar-refractivity contribution < 1.29 is 9.90 Å². The first-order chi connectivity index (χ1) is 11.1. The van der Waals surface area contributed by atoms with Gasteiger partial charge in [-0.2, -0.15) is 0 Å². The molecule has 4 heterocycles. The van der Waals surface area contributed by atoms with Crippen molar-refractivity contribution in [1.82, 2.24) is 19.5 Å². The highest BCUT2D eigenvalue weighted by molar-refractivity contribution is 5.85. The lowest BCUT2D eigenvalue weighted by molar-refractivity contribution is 0.0690. The van der Waals surface area contributed by atoms with Crippen molar-refractivity contribution in [1.29, 1.82) is 0 Å². The number of aromatic carboxylic acids is 1. The quantitative estimate of drug-likeness (QED) is 0.930. The zero-order valence-corrected chi connectivity index (χ0v) is 13.0. The van der Waals surface area contributed by atoms with Gasteiger partial charge in [0, 0.05) is 43.6 Å². The third kappa shape index (κ3) is 2.36. The Morgan fingerprint density at radius 3 is 2.57 bits per heavy atom. The second-order valence-corrected chi connectivity index (χ2v) is 6.40. The van der Waals surface area contributed by atoms with Gasteiger partial charge in [-0.15, -0.1) is 0 Å². The van der Waals surface area contributed by atoms with Crippen molar-refractivity contribution in [3.63, 3.8) is 0 Å². The molecule has 3 atom stereocenters. The molecular weight excluding hydrogens is 294 g/mol. The molecule has 0 aromatic carbocycles. The van der Waals surface area contributed by atoms with Gasteiger partial charge in [0.15, 0.2) is 5.69 Å². The molecule has 1 unspecified atom stereocenters. The number of aryl methyl sites for hydroxylation is 1. The number of piperidine rings is 1. The molecule has 120 valence electrons. The number of anilines is 1. The van der Waals surface area contributed by atoms with Crippen molar-refractivity contribution >= 4 is 11.9 Å². The summed E-state index contributed by atoms with van der Waals surface area (Å²) < 4.78 is 2.10. The highest BCUT2D eigenvalue weighted by Crippen LogP contribution is 2.43. The highest BCUT2D eigenvalue weighted by Gasteiger charge is 2.43. The van der Waals surface area contributed by atoms with Crippen LogP contribution in [-0.2, 0) is 7.05 Å². The molecule has 0 spiro atoms. The molecule has 4 rings (SSSR count). The number of carboxylic acids is 1. The monoisotopic (exact) mass is 313 g/mol. The number of fused-ring (bicyclic) bond motifs is 2. The van der Waals surface area contributed by atoms with E-state index in [1.165, 1.54) is 12.3 Å². The molecular formula is C16H19N5O2. The first kappa shape index (κ1) is 14.2. The average molecular weight is 313 g/mol. The third-order valence-corrected chi connectivity index (χ3v) is 5.05. The van der Waals surface area contributed by atoms with Gasteiger partial charge in [-0.25, -0.2) is 19.7 Å². The predicted octanol–water partition coefficient (Wildman–Crippen LogP) is 1.82. The molecule has 1 N–H and O–H groups in total. The zero-order chi connectivity index (χ0) is 16.0. The number of hydrogen-bond acceptors (Lipinski definition) is 5. The minimum Gasteiger partial charge on any atom is -0.477 e. The lowest BCUT2D eigenvalue weighted by Gasteiger charge is -2.38. The normalized spacial score (nSPS) is 26.5. The molecule has 2 aromatic rings. The highest BCUT2D eigenvalue weighted by atomic mass is 16.4. The van der Waals surface area contributed by atoms with Crippen LogP contribution in [0.25, 0.3) is 0 Å². The fourth-order valence-electron chi connectivity index (χ4n) is 4.08. The fraction of sp³-hybridized carbons (Fsp3) is 0.500. The van der Waals surface area contributed by atoms with Gasteiger partial charge in [0.05, 0.1) is 0 Å². The minimum absolute atomic E-state index is 0.0561. The molecule has 2 aliphatic rings. The molecule has 2 fully saturated rings. The molecule has 0 saturated carbocycles. The van der Waals surface area contributed by atoms with E-state index in [-0.39, 0.29) is 5.69 Å². The lowest BCUT2D eigenvalue weighted by atomic mass is 9.90. The van der Waals surface area contributed by atoms with Crippen molar-refractivity contribution in [2.45, 2.75) is 43.7 Å². The molecule has 2 aliphatic heterocycles. The Bertz CT molecular complexity index is 730. The van der Waals surface area contributed by atoms with Crippen LogP contribution in [0, 0.1) is 0 Å². The molecule has 7 heteroatoms. The minimum atomic E-state index is -1.01. The summed E-state index contributed by atoms with van der Waals surface area (Å²) in [6.07, 6.45) is 9.62. The smallest absolute Gasteiger partial charge is 0.354 e. The van der Waals surface area contributed by atoms with Gasteiger partial charge in [0.2, 0.25) is 5.95 Å². The van der Waals surface area contributed by atoms with Crippen LogP contribution in [0.1, 0.15) is 47.9 Å². The van der Waals surface area contributed by atoms with Gasteiger partial charge in [-0.1, -0.05) is 0 Å². The fourth-order valence-corrected chi connectivity index (χ4v) is 4.08. The predicted molar refractivity (Wildman–Crippen MR) is 83.5 cm³/mol. The lowest BCUT2D eigenvalue weighted by Crippen LogP contribution is -2.43. The average Bonchev–Trinajstić information content (AvgIpc) is 3.08. The summed E-state index contributed by atoms with van der Waals surface area (Å²) in [5.41, 5.74) is 0.0561. The molecule has 0 amide bonds. The molecule has 2 aromatic heterocycles. The van der Waals surface area contributed by atoms with E-state index in [2.05, 4.69) is 24.4 Å². The number of hydrogen-bond donors (Lipinski definition) is 1. The van der Waals surface area contributed by atoms with Gasteiger partial charge >= 0.3 is 5.97 Å². The molecule has 7 nitrogen and oxygen atoms in total. The maximum absolute atomic E-state index is 11.1. The van der Waals surface area contributed by atoms with Crippen molar-refractivity contribution in [2.24, 2.45) is 7.05 Å². The standard InChI is InChI=1S/C16H19N5O2/c1-20-7-6-17-14(20)10-8-11-2-3-12(9-10)21(11)16-18-5-4-13(19-16)15(22)23/h4-7,10-12H,2-3,8-9H2,1H3,(H,22,23)/t10?,11-,12+. The molecule has 2 saturated heterocycles. The van der Waals surface area contributed by atoms with Crippen LogP contribution < -0.4 is 4.90 Å². The van der Waals surface area contributed by atoms with Gasteiger partial charge < -0.3 is 14.6 Å². The Morgan fingerprint density at radius 1 is 1.22 bits per heavy atom. The second kappa shape index (κ2) is 5.33. The molecule has 23 heavy (non-hydrogen) atoms. The van der Waals surface area contributed by atoms with E-state index in [0.29, 0.717) is 23.9 Å². The molecule has 2 bridgehead atoms. The Hall–Kier alpha value is -2.44. The van der Waals surface area contributed by atoms with E-state index in [1.54, 1.807) is 0 Å². The van der Waals surface area contributed by atoms with Gasteiger partial charge in [-0.05, 0) is 31.7 Å². The van der Waals surface area contributed by atoms with Crippen molar-refractivity contribution in [3.8, 4) is 0 Å². The summed E-state index contributed by atoms with van der Waals surface area (Å²) in [5.74, 6) is 1.13. The Balaban J connectivity index is 1.60. The number of imidazole rings is 1. The van der Waals surface area contributed by atoms with Crippen LogP contribution in [0.4, 0.5) is 5.95 Å². The molecule has 0 radical (unpaired) electrons. The largest absolute Gasteiger partial charge is 0.477 e. The maximum Gasteiger partial charge on any atom is 0.354 e. The Labute approximate surface area is 134 Å². The zero-order valence-electron chi connectivity index (χ0n) is 13.0. The van der Waals surface area contributed by atoms with Gasteiger partial charge in [0.1, 0.15) is 5.82 Å². The van der Waals surface area contributed by atoms with E-state index in [9.17, 15) is 4.79 Å². The van der Waals surface area contributed by atoms with Crippen molar-refractivity contribution in [2.75, 3.05) is 4.90 Å². The van der Waals surface area contributed by atoms with E-state index in [1.807, 2.05) is 19.4 Å². The maximum atomic E-state index is 11.1. The number of nitrogens with zero attached hydrogens (tertiary/aromatic N) is 5. The summed E-state index contributed by atoms with van der Waals surface area (Å²) in [6, 6.07) is 2.16. The summed E-state index contributed by atoms with van der Waals surface area (Å²) in [6.45, 7) is 0. The second-order valence-electron chi connectivity index (χ2n) is 6.40. The summed E-state index contributed by atoms with van der Waals surface area (Å²) >= 11 is 0. The summed E-state index contributed by atoms with van der Waals surface area (Å²) in [5, 5.41) is 9.13. The number of aromatic nitrogens is 4. The van der Waals surface area contributed by atoms with Crippen LogP contribution in [-0.4, -0.2) is 42.7 Å². The Morgan fingerprint density at radius 2 is 1.96 bits per heavy atom. The van der Waals surface area contributed by atoms with Crippen LogP contribution in [0.2, 0.25) is 0 Å². The van der Waals surface area contributed by atoms with E-state index >= 15 is 0 Å². The van der Waals surface area contributed by atoms with Crippen molar-refractivity contribution in [3.05, 3.63) is 36.2 Å². The first-order valence-electron chi connectivity index (χ1n) is 7.95. The number of carbonyl (C=O) groups is 1. The first-order valence-corrected chi connectivity index (χ1v) is 7.95. The number of carboxylic acid groups (broad SMARTS) is 1. The molecule has 0 aliphatic carbocycles.